The molecule has 1 heterocycles. The van der Waals surface area contributed by atoms with Gasteiger partial charge in [0.05, 0.1) is 0 Å². The molecule has 0 saturated heterocycles. The van der Waals surface area contributed by atoms with E-state index < -0.39 is 0 Å². The maximum absolute atomic E-state index is 11.2. The zero-order chi connectivity index (χ0) is 8.65. The lowest BCUT2D eigenvalue weighted by atomic mass is 9.86. The first-order valence-electron chi connectivity index (χ1n) is 3.63. The van der Waals surface area contributed by atoms with Crippen molar-refractivity contribution in [3.05, 3.63) is 11.3 Å². The van der Waals surface area contributed by atoms with E-state index in [9.17, 15) is 9.90 Å². The Morgan fingerprint density at radius 3 is 2.18 bits per heavy atom. The lowest BCUT2D eigenvalue weighted by molar-refractivity contribution is -0.108. The van der Waals surface area contributed by atoms with Gasteiger partial charge in [0.15, 0.2) is 5.52 Å². The zero-order valence-electron chi connectivity index (χ0n) is 7.06. The summed E-state index contributed by atoms with van der Waals surface area (Å²) in [5, 5.41) is 9.36. The number of carbonyl (C=O) groups is 1. The van der Waals surface area contributed by atoms with Crippen LogP contribution in [0.4, 0.5) is 0 Å². The minimum absolute atomic E-state index is 0.134. The van der Waals surface area contributed by atoms with Gasteiger partial charge in [-0.2, -0.15) is 0 Å². The van der Waals surface area contributed by atoms with E-state index in [-0.39, 0.29) is 19.5 Å². The fraction of sp³-hybridized carbons (Fsp3) is 0.625. The molecule has 0 saturated carbocycles. The molecule has 1 rings (SSSR count). The Kier molecular flexibility index (Phi) is 2.06. The second kappa shape index (κ2) is 2.60. The number of hydrogen-bond donors (Lipinski definition) is 1. The summed E-state index contributed by atoms with van der Waals surface area (Å²) in [6.07, 6.45) is 0.561. The molecule has 0 aliphatic carbocycles. The Morgan fingerprint density at radius 2 is 2.00 bits per heavy atom. The third kappa shape index (κ3) is 1.62. The van der Waals surface area contributed by atoms with Crippen molar-refractivity contribution < 1.29 is 9.90 Å². The average Bonchev–Trinajstić information content (AvgIpc) is 2.08. The van der Waals surface area contributed by atoms with Gasteiger partial charge in [0.2, 0.25) is 0 Å². The van der Waals surface area contributed by atoms with Gasteiger partial charge in [-0.25, -0.2) is 0 Å². The maximum atomic E-state index is 11.2. The van der Waals surface area contributed by atoms with Gasteiger partial charge in [-0.05, 0) is 14.0 Å². The highest BCUT2D eigenvalue weighted by Crippen LogP contribution is 2.40. The van der Waals surface area contributed by atoms with Crippen LogP contribution in [0.2, 0.25) is 0 Å². The summed E-state index contributed by atoms with van der Waals surface area (Å²) in [6.45, 7) is 5.85. The fourth-order valence-electron chi connectivity index (χ4n) is 1.25. The molecule has 1 aliphatic rings. The molecule has 0 amide bonds. The van der Waals surface area contributed by atoms with Crippen LogP contribution < -0.4 is 0 Å². The minimum atomic E-state index is -0.190. The smallest absolute Gasteiger partial charge is 0.181 e. The highest BCUT2D eigenvalue weighted by Gasteiger charge is 2.31. The first-order chi connectivity index (χ1) is 4.93. The second-order valence-corrected chi connectivity index (χ2v) is 4.92. The lowest BCUT2D eigenvalue weighted by Gasteiger charge is -2.18. The van der Waals surface area contributed by atoms with Crippen molar-refractivity contribution in [2.45, 2.75) is 20.8 Å². The first kappa shape index (κ1) is 8.73. The van der Waals surface area contributed by atoms with Crippen molar-refractivity contribution in [1.82, 2.24) is 0 Å². The second-order valence-electron chi connectivity index (χ2n) is 3.75. The third-order valence-corrected chi connectivity index (χ3v) is 2.76. The lowest BCUT2D eigenvalue weighted by Crippen LogP contribution is -2.14. The predicted octanol–water partition coefficient (Wildman–Crippen LogP) is 2.06. The Morgan fingerprint density at radius 1 is 1.45 bits per heavy atom. The molecule has 0 radical (unpaired) electrons. The Balaban J connectivity index is 3.02. The van der Waals surface area contributed by atoms with Gasteiger partial charge >= 0.3 is 0 Å². The van der Waals surface area contributed by atoms with Crippen LogP contribution in [0.25, 0.3) is 0 Å². The van der Waals surface area contributed by atoms with Gasteiger partial charge in [0.1, 0.15) is 5.76 Å². The molecular weight excluding hydrogens is 159 g/mol. The van der Waals surface area contributed by atoms with Crippen LogP contribution in [0.5, 0.6) is 0 Å². The molecule has 1 unspecified atom stereocenters. The number of rotatable bonds is 0. The quantitative estimate of drug-likeness (QED) is 0.568. The molecule has 1 aliphatic heterocycles. The van der Waals surface area contributed by atoms with Crippen LogP contribution >= 0.6 is 8.58 Å². The van der Waals surface area contributed by atoms with Gasteiger partial charge in [0.25, 0.3) is 0 Å². The minimum Gasteiger partial charge on any atom is -0.511 e. The van der Waals surface area contributed by atoms with E-state index in [1.54, 1.807) is 0 Å². The van der Waals surface area contributed by atoms with E-state index in [2.05, 4.69) is 0 Å². The summed E-state index contributed by atoms with van der Waals surface area (Å²) >= 11 is 0. The molecule has 0 spiro atoms. The molecule has 0 aromatic heterocycles. The van der Waals surface area contributed by atoms with Crippen LogP contribution in [-0.4, -0.2) is 16.8 Å². The maximum Gasteiger partial charge on any atom is 0.181 e. The van der Waals surface area contributed by atoms with Crippen molar-refractivity contribution in [2.24, 2.45) is 5.41 Å². The van der Waals surface area contributed by atoms with Crippen LogP contribution in [0.3, 0.4) is 0 Å². The number of hydrogen-bond acceptors (Lipinski definition) is 2. The molecule has 62 valence electrons. The Labute approximate surface area is 68.5 Å². The molecule has 0 bridgehead atoms. The molecule has 1 atom stereocenters. The Hall–Kier alpha value is -0.360. The van der Waals surface area contributed by atoms with E-state index in [0.717, 1.165) is 0 Å². The summed E-state index contributed by atoms with van der Waals surface area (Å²) in [5.41, 5.74) is 0.579. The van der Waals surface area contributed by atoms with Crippen molar-refractivity contribution in [1.29, 1.82) is 0 Å². The van der Waals surface area contributed by atoms with Gasteiger partial charge in [-0.15, -0.1) is 0 Å². The van der Waals surface area contributed by atoms with Crippen LogP contribution in [-0.2, 0) is 4.79 Å². The average molecular weight is 172 g/mol. The van der Waals surface area contributed by atoms with E-state index in [1.807, 2.05) is 20.8 Å². The summed E-state index contributed by atoms with van der Waals surface area (Å²) in [6, 6.07) is 0. The van der Waals surface area contributed by atoms with E-state index in [4.69, 9.17) is 0 Å². The summed E-state index contributed by atoms with van der Waals surface area (Å²) in [4.78, 5) is 11.2. The van der Waals surface area contributed by atoms with Crippen LogP contribution in [0.15, 0.2) is 11.3 Å². The topological polar surface area (TPSA) is 37.3 Å². The normalized spacial score (nSPS) is 21.9. The zero-order valence-corrected chi connectivity index (χ0v) is 8.06. The predicted molar refractivity (Wildman–Crippen MR) is 47.3 cm³/mol. The number of aliphatic hydroxyl groups excluding tert-OH is 1. The highest BCUT2D eigenvalue weighted by molar-refractivity contribution is 7.59. The molecule has 1 N–H and O–H groups in total. The van der Waals surface area contributed by atoms with Gasteiger partial charge < -0.3 is 5.11 Å². The highest BCUT2D eigenvalue weighted by atomic mass is 31.1. The number of aliphatic hydroxyl groups is 1. The number of allylic oxidation sites excluding steroid dienone is 2. The molecule has 2 nitrogen and oxygen atoms in total. The molecule has 11 heavy (non-hydrogen) atoms. The van der Waals surface area contributed by atoms with Crippen molar-refractivity contribution in [3.8, 4) is 0 Å². The number of carbonyl (C=O) groups excluding carboxylic acids is 1. The van der Waals surface area contributed by atoms with E-state index >= 15 is 0 Å². The van der Waals surface area contributed by atoms with Gasteiger partial charge in [-0.3, -0.25) is 4.79 Å². The van der Waals surface area contributed by atoms with Gasteiger partial charge in [0, 0.05) is 11.7 Å². The molecule has 0 aromatic carbocycles. The molecule has 3 heteroatoms. The van der Waals surface area contributed by atoms with Crippen molar-refractivity contribution in [3.63, 3.8) is 0 Å². The fourth-order valence-corrected chi connectivity index (χ4v) is 2.45. The standard InChI is InChI=1S/C8H13O2P/c1-8(2,3)6-5(9)4-11-7(6)10/h9,11H,4H2,1-3H3. The SMILES string of the molecule is CC(C)(C)C1=C(O)CPC1=O. The summed E-state index contributed by atoms with van der Waals surface area (Å²) in [5.74, 6) is 0.306. The van der Waals surface area contributed by atoms with Crippen LogP contribution in [0, 0.1) is 5.41 Å². The summed E-state index contributed by atoms with van der Waals surface area (Å²) in [7, 11) is 0.254. The third-order valence-electron chi connectivity index (χ3n) is 1.68. The first-order valence-corrected chi connectivity index (χ1v) is 4.84. The van der Waals surface area contributed by atoms with Crippen molar-refractivity contribution >= 4 is 14.1 Å². The van der Waals surface area contributed by atoms with E-state index in [0.29, 0.717) is 17.5 Å². The molecular formula is C8H13O2P. The van der Waals surface area contributed by atoms with Crippen molar-refractivity contribution in [2.75, 3.05) is 6.16 Å². The van der Waals surface area contributed by atoms with Gasteiger partial charge in [-0.1, -0.05) is 20.8 Å². The molecule has 0 aromatic rings. The largest absolute Gasteiger partial charge is 0.511 e. The molecule has 0 fully saturated rings. The summed E-state index contributed by atoms with van der Waals surface area (Å²) < 4.78 is 0. The Bertz CT molecular complexity index is 223. The van der Waals surface area contributed by atoms with E-state index in [1.165, 1.54) is 0 Å². The monoisotopic (exact) mass is 172 g/mol. The van der Waals surface area contributed by atoms with Crippen LogP contribution in [0.1, 0.15) is 20.8 Å².